The van der Waals surface area contributed by atoms with Crippen LogP contribution in [0.1, 0.15) is 40.7 Å². The summed E-state index contributed by atoms with van der Waals surface area (Å²) >= 11 is 0. The van der Waals surface area contributed by atoms with E-state index in [1.54, 1.807) is 26.4 Å². The number of methoxy groups -OCH3 is 2. The monoisotopic (exact) mass is 449 g/mol. The lowest BCUT2D eigenvalue weighted by molar-refractivity contribution is 0.0517. The van der Waals surface area contributed by atoms with Gasteiger partial charge in [0.25, 0.3) is 5.91 Å². The number of amides is 1. The summed E-state index contributed by atoms with van der Waals surface area (Å²) in [7, 11) is 3.21. The highest BCUT2D eigenvalue weighted by Crippen LogP contribution is 2.34. The Morgan fingerprint density at radius 3 is 2.58 bits per heavy atom. The van der Waals surface area contributed by atoms with E-state index in [0.29, 0.717) is 23.7 Å². The lowest BCUT2D eigenvalue weighted by atomic mass is 9.94. The second-order valence-electron chi connectivity index (χ2n) is 8.55. The van der Waals surface area contributed by atoms with E-state index < -0.39 is 0 Å². The molecule has 7 heteroatoms. The van der Waals surface area contributed by atoms with Crippen molar-refractivity contribution in [3.8, 4) is 23.3 Å². The van der Waals surface area contributed by atoms with E-state index in [4.69, 9.17) is 19.5 Å². The zero-order valence-corrected chi connectivity index (χ0v) is 19.4. The number of likely N-dealkylation sites (tertiary alicyclic amines) is 1. The van der Waals surface area contributed by atoms with Gasteiger partial charge in [0, 0.05) is 31.2 Å². The number of carbonyl (C=O) groups is 1. The van der Waals surface area contributed by atoms with Gasteiger partial charge in [-0.25, -0.2) is 0 Å². The smallest absolute Gasteiger partial charge is 0.254 e. The van der Waals surface area contributed by atoms with Crippen molar-refractivity contribution in [1.82, 2.24) is 9.80 Å². The minimum atomic E-state index is 0.0909. The summed E-state index contributed by atoms with van der Waals surface area (Å²) in [6.07, 6.45) is 3.87. The number of carbonyl (C=O) groups excluding carboxylic acids is 1. The van der Waals surface area contributed by atoms with E-state index in [9.17, 15) is 4.79 Å². The maximum atomic E-state index is 13.3. The number of rotatable bonds is 8. The predicted octanol–water partition coefficient (Wildman–Crippen LogP) is 3.51. The van der Waals surface area contributed by atoms with Gasteiger partial charge in [0.2, 0.25) is 0 Å². The molecule has 1 unspecified atom stereocenters. The van der Waals surface area contributed by atoms with Crippen molar-refractivity contribution in [2.75, 3.05) is 47.0 Å². The largest absolute Gasteiger partial charge is 0.494 e. The first-order valence-corrected chi connectivity index (χ1v) is 11.5. The highest BCUT2D eigenvalue weighted by atomic mass is 16.5. The van der Waals surface area contributed by atoms with Gasteiger partial charge in [-0.3, -0.25) is 4.79 Å². The molecule has 0 spiro atoms. The Morgan fingerprint density at radius 2 is 1.85 bits per heavy atom. The maximum Gasteiger partial charge on any atom is 0.254 e. The molecular formula is C26H31N3O4. The van der Waals surface area contributed by atoms with Gasteiger partial charge in [0.05, 0.1) is 32.5 Å². The molecule has 1 saturated heterocycles. The zero-order chi connectivity index (χ0) is 23.2. The van der Waals surface area contributed by atoms with E-state index in [0.717, 1.165) is 68.7 Å². The molecule has 4 rings (SSSR count). The Labute approximate surface area is 195 Å². The Bertz CT molecular complexity index is 1020. The standard InChI is InChI=1S/C26H31N3O4/c1-31-24-15-20-10-13-29(26(30)23(20)16-25(24)32-2)21-5-3-11-28(18-21)12-4-14-33-22-8-6-19(17-27)7-9-22/h6-9,15-16,21H,3-5,10-14,18H2,1-2H3. The lowest BCUT2D eigenvalue weighted by Crippen LogP contribution is -2.52. The third-order valence-electron chi connectivity index (χ3n) is 6.51. The lowest BCUT2D eigenvalue weighted by Gasteiger charge is -2.41. The molecule has 7 nitrogen and oxygen atoms in total. The molecule has 1 fully saturated rings. The van der Waals surface area contributed by atoms with Gasteiger partial charge in [-0.15, -0.1) is 0 Å². The van der Waals surface area contributed by atoms with E-state index in [1.165, 1.54) is 0 Å². The Morgan fingerprint density at radius 1 is 1.09 bits per heavy atom. The van der Waals surface area contributed by atoms with E-state index >= 15 is 0 Å². The van der Waals surface area contributed by atoms with Crippen molar-refractivity contribution < 1.29 is 19.0 Å². The molecule has 174 valence electrons. The van der Waals surface area contributed by atoms with Gasteiger partial charge >= 0.3 is 0 Å². The van der Waals surface area contributed by atoms with Gasteiger partial charge in [-0.05, 0) is 74.2 Å². The normalized spacial score (nSPS) is 18.4. The molecule has 0 aliphatic carbocycles. The minimum Gasteiger partial charge on any atom is -0.494 e. The van der Waals surface area contributed by atoms with Crippen LogP contribution in [0.3, 0.4) is 0 Å². The van der Waals surface area contributed by atoms with Crippen molar-refractivity contribution in [2.45, 2.75) is 31.7 Å². The second kappa shape index (κ2) is 10.6. The molecule has 0 aromatic heterocycles. The number of benzene rings is 2. The van der Waals surface area contributed by atoms with Gasteiger partial charge in [-0.1, -0.05) is 0 Å². The van der Waals surface area contributed by atoms with Crippen LogP contribution in [-0.4, -0.2) is 68.8 Å². The summed E-state index contributed by atoms with van der Waals surface area (Å²) in [4.78, 5) is 17.8. The number of nitriles is 1. The third-order valence-corrected chi connectivity index (χ3v) is 6.51. The molecule has 0 N–H and O–H groups in total. The molecule has 1 atom stereocenters. The van der Waals surface area contributed by atoms with Crippen LogP contribution < -0.4 is 14.2 Å². The summed E-state index contributed by atoms with van der Waals surface area (Å²) < 4.78 is 16.6. The molecule has 0 saturated carbocycles. The van der Waals surface area contributed by atoms with Gasteiger partial charge in [0.1, 0.15) is 5.75 Å². The quantitative estimate of drug-likeness (QED) is 0.574. The topological polar surface area (TPSA) is 75.0 Å². The van der Waals surface area contributed by atoms with Gasteiger partial charge in [-0.2, -0.15) is 5.26 Å². The average molecular weight is 450 g/mol. The third kappa shape index (κ3) is 5.23. The highest BCUT2D eigenvalue weighted by Gasteiger charge is 2.33. The molecule has 1 amide bonds. The molecular weight excluding hydrogens is 418 g/mol. The first kappa shape index (κ1) is 22.9. The molecule has 2 aliphatic rings. The average Bonchev–Trinajstić information content (AvgIpc) is 2.86. The molecule has 2 aromatic carbocycles. The molecule has 33 heavy (non-hydrogen) atoms. The van der Waals surface area contributed by atoms with Crippen molar-refractivity contribution in [1.29, 1.82) is 5.26 Å². The van der Waals surface area contributed by atoms with Gasteiger partial charge in [0.15, 0.2) is 11.5 Å². The van der Waals surface area contributed by atoms with Crippen LogP contribution in [0.15, 0.2) is 36.4 Å². The first-order valence-electron chi connectivity index (χ1n) is 11.5. The van der Waals surface area contributed by atoms with Crippen LogP contribution in [0.25, 0.3) is 0 Å². The Balaban J connectivity index is 1.31. The van der Waals surface area contributed by atoms with E-state index in [1.807, 2.05) is 29.2 Å². The molecule has 2 aliphatic heterocycles. The molecule has 0 radical (unpaired) electrons. The number of hydrogen-bond acceptors (Lipinski definition) is 6. The van der Waals surface area contributed by atoms with Crippen LogP contribution in [0.2, 0.25) is 0 Å². The SMILES string of the molecule is COc1cc2c(cc1OC)C(=O)N(C1CCCN(CCCOc3ccc(C#N)cc3)C1)CC2. The van der Waals surface area contributed by atoms with Crippen LogP contribution in [0.4, 0.5) is 0 Å². The predicted molar refractivity (Wildman–Crippen MR) is 125 cm³/mol. The minimum absolute atomic E-state index is 0.0909. The Kier molecular flexibility index (Phi) is 7.36. The number of hydrogen-bond donors (Lipinski definition) is 0. The highest BCUT2D eigenvalue weighted by molar-refractivity contribution is 5.97. The number of fused-ring (bicyclic) bond motifs is 1. The summed E-state index contributed by atoms with van der Waals surface area (Å²) in [5, 5.41) is 8.88. The second-order valence-corrected chi connectivity index (χ2v) is 8.55. The summed E-state index contributed by atoms with van der Waals surface area (Å²) in [6.45, 7) is 4.25. The van der Waals surface area contributed by atoms with Crippen LogP contribution in [0, 0.1) is 11.3 Å². The fourth-order valence-electron chi connectivity index (χ4n) is 4.77. The fraction of sp³-hybridized carbons (Fsp3) is 0.462. The zero-order valence-electron chi connectivity index (χ0n) is 19.4. The summed E-state index contributed by atoms with van der Waals surface area (Å²) in [5.41, 5.74) is 2.39. The maximum absolute atomic E-state index is 13.3. The number of piperidine rings is 1. The van der Waals surface area contributed by atoms with E-state index in [2.05, 4.69) is 11.0 Å². The number of ether oxygens (including phenoxy) is 3. The Hall–Kier alpha value is -3.24. The summed E-state index contributed by atoms with van der Waals surface area (Å²) in [6, 6.07) is 13.3. The van der Waals surface area contributed by atoms with Crippen molar-refractivity contribution in [2.24, 2.45) is 0 Å². The summed E-state index contributed by atoms with van der Waals surface area (Å²) in [5.74, 6) is 2.15. The van der Waals surface area contributed by atoms with Gasteiger partial charge < -0.3 is 24.0 Å². The fourth-order valence-corrected chi connectivity index (χ4v) is 4.77. The first-order chi connectivity index (χ1) is 16.1. The number of nitrogens with zero attached hydrogens (tertiary/aromatic N) is 3. The molecule has 0 bridgehead atoms. The molecule has 2 heterocycles. The van der Waals surface area contributed by atoms with Crippen molar-refractivity contribution in [3.05, 3.63) is 53.1 Å². The van der Waals surface area contributed by atoms with Crippen molar-refractivity contribution in [3.63, 3.8) is 0 Å². The van der Waals surface area contributed by atoms with E-state index in [-0.39, 0.29) is 11.9 Å². The van der Waals surface area contributed by atoms with Crippen LogP contribution in [-0.2, 0) is 6.42 Å². The van der Waals surface area contributed by atoms with Crippen LogP contribution >= 0.6 is 0 Å². The molecule has 2 aromatic rings. The van der Waals surface area contributed by atoms with Crippen molar-refractivity contribution >= 4 is 5.91 Å². The van der Waals surface area contributed by atoms with Crippen LogP contribution in [0.5, 0.6) is 17.2 Å².